The molecule has 3 heterocycles. The SMILES string of the molecule is N#Cc1ccc([C@H](c2ccc(OC3CCC3)nc2)N2CCC(NC(=O)c3ccc(C#N)nc3)C2)cc1. The second-order valence-electron chi connectivity index (χ2n) is 9.23. The minimum Gasteiger partial charge on any atom is -0.474 e. The summed E-state index contributed by atoms with van der Waals surface area (Å²) >= 11 is 0. The first kappa shape index (κ1) is 23.5. The zero-order chi connectivity index (χ0) is 24.9. The molecule has 8 nitrogen and oxygen atoms in total. The second-order valence-corrected chi connectivity index (χ2v) is 9.23. The van der Waals surface area contributed by atoms with Crippen molar-refractivity contribution in [2.24, 2.45) is 0 Å². The Kier molecular flexibility index (Phi) is 6.88. The van der Waals surface area contributed by atoms with Gasteiger partial charge in [-0.15, -0.1) is 0 Å². The van der Waals surface area contributed by atoms with Gasteiger partial charge < -0.3 is 10.1 Å². The van der Waals surface area contributed by atoms with Crippen LogP contribution in [0.15, 0.2) is 60.9 Å². The number of amides is 1. The first-order valence-electron chi connectivity index (χ1n) is 12.2. The Morgan fingerprint density at radius 3 is 2.39 bits per heavy atom. The number of benzene rings is 1. The third-order valence-electron chi connectivity index (χ3n) is 6.83. The standard InChI is InChI=1S/C28H26N6O2/c29-14-19-4-6-20(7-5-19)27(21-9-11-26(32-16-21)36-25-2-1-3-25)34-13-12-24(18-34)33-28(35)22-8-10-23(15-30)31-17-22/h4-11,16-17,24-25,27H,1-3,12-13,18H2,(H,33,35)/t24?,27-/m1/s1. The fourth-order valence-electron chi connectivity index (χ4n) is 4.64. The molecule has 180 valence electrons. The fourth-order valence-corrected chi connectivity index (χ4v) is 4.64. The van der Waals surface area contributed by atoms with Gasteiger partial charge in [-0.25, -0.2) is 9.97 Å². The van der Waals surface area contributed by atoms with Gasteiger partial charge in [0.25, 0.3) is 5.91 Å². The van der Waals surface area contributed by atoms with Gasteiger partial charge in [0.2, 0.25) is 5.88 Å². The highest BCUT2D eigenvalue weighted by molar-refractivity contribution is 5.94. The first-order valence-corrected chi connectivity index (χ1v) is 12.2. The summed E-state index contributed by atoms with van der Waals surface area (Å²) in [5.74, 6) is 0.442. The molecule has 1 unspecified atom stereocenters. The van der Waals surface area contributed by atoms with E-state index in [1.807, 2.05) is 42.6 Å². The number of ether oxygens (including phenoxy) is 1. The van der Waals surface area contributed by atoms with Gasteiger partial charge in [-0.2, -0.15) is 10.5 Å². The van der Waals surface area contributed by atoms with E-state index in [0.717, 1.165) is 36.9 Å². The quantitative estimate of drug-likeness (QED) is 0.550. The highest BCUT2D eigenvalue weighted by Crippen LogP contribution is 2.33. The van der Waals surface area contributed by atoms with Crippen LogP contribution in [0.5, 0.6) is 5.88 Å². The summed E-state index contributed by atoms with van der Waals surface area (Å²) in [4.78, 5) is 23.6. The molecule has 1 saturated heterocycles. The number of nitrogens with zero attached hydrogens (tertiary/aromatic N) is 5. The summed E-state index contributed by atoms with van der Waals surface area (Å²) in [6.07, 6.45) is 7.74. The van der Waals surface area contributed by atoms with E-state index in [1.165, 1.54) is 12.6 Å². The Labute approximate surface area is 210 Å². The second kappa shape index (κ2) is 10.6. The summed E-state index contributed by atoms with van der Waals surface area (Å²) in [6.45, 7) is 1.46. The van der Waals surface area contributed by atoms with Crippen molar-refractivity contribution in [3.63, 3.8) is 0 Å². The summed E-state index contributed by atoms with van der Waals surface area (Å²) < 4.78 is 5.93. The molecular formula is C28H26N6O2. The minimum atomic E-state index is -0.201. The number of hydrogen-bond acceptors (Lipinski definition) is 7. The third kappa shape index (κ3) is 5.19. The van der Waals surface area contributed by atoms with Crippen LogP contribution in [0.25, 0.3) is 0 Å². The van der Waals surface area contributed by atoms with Crippen molar-refractivity contribution in [3.05, 3.63) is 88.9 Å². The number of nitriles is 2. The van der Waals surface area contributed by atoms with Gasteiger partial charge >= 0.3 is 0 Å². The molecule has 8 heteroatoms. The Balaban J connectivity index is 1.32. The Morgan fingerprint density at radius 2 is 1.78 bits per heavy atom. The van der Waals surface area contributed by atoms with Gasteiger partial charge in [0.1, 0.15) is 17.9 Å². The number of aromatic nitrogens is 2. The average Bonchev–Trinajstić information content (AvgIpc) is 3.35. The van der Waals surface area contributed by atoms with E-state index in [1.54, 1.807) is 12.1 Å². The molecule has 2 fully saturated rings. The molecule has 2 aromatic heterocycles. The number of pyridine rings is 2. The number of carbonyl (C=O) groups excluding carboxylic acids is 1. The normalized spacial score (nSPS) is 18.4. The van der Waals surface area contributed by atoms with Crippen LogP contribution in [-0.4, -0.2) is 46.0 Å². The van der Waals surface area contributed by atoms with Gasteiger partial charge in [0, 0.05) is 37.6 Å². The highest BCUT2D eigenvalue weighted by atomic mass is 16.5. The van der Waals surface area contributed by atoms with Crippen LogP contribution >= 0.6 is 0 Å². The lowest BCUT2D eigenvalue weighted by molar-refractivity contribution is 0.0936. The first-order chi connectivity index (χ1) is 17.6. The molecule has 2 aliphatic rings. The van der Waals surface area contributed by atoms with E-state index < -0.39 is 0 Å². The van der Waals surface area contributed by atoms with Crippen LogP contribution in [0, 0.1) is 22.7 Å². The van der Waals surface area contributed by atoms with Gasteiger partial charge in [-0.05, 0) is 61.1 Å². The number of hydrogen-bond donors (Lipinski definition) is 1. The largest absolute Gasteiger partial charge is 0.474 e. The Bertz CT molecular complexity index is 1290. The van der Waals surface area contributed by atoms with Gasteiger partial charge in [-0.1, -0.05) is 18.2 Å². The summed E-state index contributed by atoms with van der Waals surface area (Å²) in [6, 6.07) is 18.8. The lowest BCUT2D eigenvalue weighted by Gasteiger charge is -2.29. The lowest BCUT2D eigenvalue weighted by Crippen LogP contribution is -2.38. The molecule has 36 heavy (non-hydrogen) atoms. The van der Waals surface area contributed by atoms with Crippen LogP contribution in [0.1, 0.15) is 64.5 Å². The fraction of sp³-hybridized carbons (Fsp3) is 0.321. The maximum absolute atomic E-state index is 12.7. The molecule has 5 rings (SSSR count). The van der Waals surface area contributed by atoms with E-state index in [-0.39, 0.29) is 29.8 Å². The highest BCUT2D eigenvalue weighted by Gasteiger charge is 2.31. The van der Waals surface area contributed by atoms with Crippen molar-refractivity contribution in [1.82, 2.24) is 20.2 Å². The number of nitrogens with one attached hydrogen (secondary N) is 1. The molecule has 0 bridgehead atoms. The van der Waals surface area contributed by atoms with Crippen molar-refractivity contribution in [2.75, 3.05) is 13.1 Å². The van der Waals surface area contributed by atoms with E-state index >= 15 is 0 Å². The van der Waals surface area contributed by atoms with Crippen molar-refractivity contribution in [2.45, 2.75) is 43.9 Å². The molecule has 0 spiro atoms. The smallest absolute Gasteiger partial charge is 0.253 e. The predicted molar refractivity (Wildman–Crippen MR) is 132 cm³/mol. The van der Waals surface area contributed by atoms with E-state index in [2.05, 4.69) is 32.3 Å². The maximum Gasteiger partial charge on any atom is 0.253 e. The number of rotatable bonds is 7. The Morgan fingerprint density at radius 1 is 0.972 bits per heavy atom. The minimum absolute atomic E-state index is 0.0248. The van der Waals surface area contributed by atoms with Crippen molar-refractivity contribution < 1.29 is 9.53 Å². The summed E-state index contributed by atoms with van der Waals surface area (Å²) in [5.41, 5.74) is 3.42. The molecule has 1 N–H and O–H groups in total. The monoisotopic (exact) mass is 478 g/mol. The van der Waals surface area contributed by atoms with Gasteiger partial charge in [-0.3, -0.25) is 9.69 Å². The van der Waals surface area contributed by atoms with Crippen molar-refractivity contribution in [3.8, 4) is 18.0 Å². The summed E-state index contributed by atoms with van der Waals surface area (Å²) in [5, 5.41) is 21.2. The molecule has 1 saturated carbocycles. The molecular weight excluding hydrogens is 452 g/mol. The van der Waals surface area contributed by atoms with Gasteiger partial charge in [0.15, 0.2) is 0 Å². The topological polar surface area (TPSA) is 115 Å². The number of carbonyl (C=O) groups is 1. The molecule has 1 aliphatic heterocycles. The predicted octanol–water partition coefficient (Wildman–Crippen LogP) is 3.74. The van der Waals surface area contributed by atoms with Crippen LogP contribution in [0.4, 0.5) is 0 Å². The molecule has 1 aliphatic carbocycles. The van der Waals surface area contributed by atoms with Crippen LogP contribution in [0.3, 0.4) is 0 Å². The van der Waals surface area contributed by atoms with E-state index in [0.29, 0.717) is 23.6 Å². The summed E-state index contributed by atoms with van der Waals surface area (Å²) in [7, 11) is 0. The van der Waals surface area contributed by atoms with Crippen LogP contribution in [-0.2, 0) is 0 Å². The van der Waals surface area contributed by atoms with Crippen molar-refractivity contribution in [1.29, 1.82) is 10.5 Å². The number of likely N-dealkylation sites (tertiary alicyclic amines) is 1. The zero-order valence-corrected chi connectivity index (χ0v) is 19.8. The van der Waals surface area contributed by atoms with Crippen molar-refractivity contribution >= 4 is 5.91 Å². The molecule has 2 atom stereocenters. The molecule has 0 radical (unpaired) electrons. The maximum atomic E-state index is 12.7. The molecule has 3 aromatic rings. The third-order valence-corrected chi connectivity index (χ3v) is 6.83. The van der Waals surface area contributed by atoms with Crippen LogP contribution in [0.2, 0.25) is 0 Å². The molecule has 1 amide bonds. The lowest BCUT2D eigenvalue weighted by atomic mass is 9.96. The average molecular weight is 479 g/mol. The Hall–Kier alpha value is -4.27. The zero-order valence-electron chi connectivity index (χ0n) is 19.8. The van der Waals surface area contributed by atoms with Gasteiger partial charge in [0.05, 0.1) is 23.2 Å². The van der Waals surface area contributed by atoms with E-state index in [4.69, 9.17) is 10.00 Å². The molecule has 1 aromatic carbocycles. The van der Waals surface area contributed by atoms with E-state index in [9.17, 15) is 10.1 Å². The van der Waals surface area contributed by atoms with Crippen LogP contribution < -0.4 is 10.1 Å².